The molecule has 1 saturated heterocycles. The molecule has 4 rings (SSSR count). The smallest absolute Gasteiger partial charge is 0.213 e. The summed E-state index contributed by atoms with van der Waals surface area (Å²) in [6.45, 7) is 3.47. The Kier molecular flexibility index (Phi) is 4.33. The van der Waals surface area contributed by atoms with Crippen LogP contribution >= 0.6 is 0 Å². The van der Waals surface area contributed by atoms with Crippen molar-refractivity contribution in [2.45, 2.75) is 6.92 Å². The number of nitrogens with one attached hydrogen (secondary N) is 1. The third-order valence-electron chi connectivity index (χ3n) is 4.55. The normalized spacial score (nSPS) is 15.9. The van der Waals surface area contributed by atoms with Crippen LogP contribution in [0.2, 0.25) is 0 Å². The second-order valence-corrected chi connectivity index (χ2v) is 8.60. The molecule has 0 saturated carbocycles. The van der Waals surface area contributed by atoms with Gasteiger partial charge in [0.05, 0.1) is 5.75 Å². The van der Waals surface area contributed by atoms with Gasteiger partial charge in [0.2, 0.25) is 10.0 Å². The Hall–Kier alpha value is -2.52. The number of nitrogens with zero attached hydrogens (tertiary/aromatic N) is 5. The van der Waals surface area contributed by atoms with Gasteiger partial charge in [-0.15, -0.1) is 15.3 Å². The van der Waals surface area contributed by atoms with E-state index in [0.717, 1.165) is 5.56 Å². The van der Waals surface area contributed by atoms with E-state index in [9.17, 15) is 8.42 Å². The third kappa shape index (κ3) is 3.15. The maximum absolute atomic E-state index is 11.8. The minimum Gasteiger partial charge on any atom is -0.368 e. The van der Waals surface area contributed by atoms with Crippen molar-refractivity contribution in [1.82, 2.24) is 24.1 Å². The fourth-order valence-electron chi connectivity index (χ4n) is 2.96. The zero-order valence-electron chi connectivity index (χ0n) is 14.4. The summed E-state index contributed by atoms with van der Waals surface area (Å²) in [5.41, 5.74) is 1.63. The molecule has 0 atom stereocenters. The van der Waals surface area contributed by atoms with E-state index >= 15 is 0 Å². The van der Waals surface area contributed by atoms with Gasteiger partial charge < -0.3 is 5.32 Å². The maximum Gasteiger partial charge on any atom is 0.213 e. The maximum atomic E-state index is 11.8. The number of rotatable bonds is 6. The van der Waals surface area contributed by atoms with Crippen LogP contribution in [0.5, 0.6) is 0 Å². The van der Waals surface area contributed by atoms with Crippen molar-refractivity contribution in [1.29, 1.82) is 0 Å². The summed E-state index contributed by atoms with van der Waals surface area (Å²) < 4.78 is 26.8. The summed E-state index contributed by atoms with van der Waals surface area (Å²) in [5, 5.41) is 16.2. The molecule has 1 N–H and O–H groups in total. The zero-order valence-corrected chi connectivity index (χ0v) is 15.2. The van der Waals surface area contributed by atoms with Crippen LogP contribution in [0, 0.1) is 5.92 Å². The molecule has 8 nitrogen and oxygen atoms in total. The van der Waals surface area contributed by atoms with Gasteiger partial charge in [0.25, 0.3) is 0 Å². The van der Waals surface area contributed by atoms with Crippen molar-refractivity contribution in [2.75, 3.05) is 30.7 Å². The first kappa shape index (κ1) is 16.9. The van der Waals surface area contributed by atoms with E-state index in [4.69, 9.17) is 0 Å². The number of hydrogen-bond acceptors (Lipinski definition) is 6. The standard InChI is InChI=1S/C17H20N6O2S/c1-2-26(24,25)22-11-13(12-22)10-18-15-8-9-16-19-20-17(23(16)21-15)14-6-4-3-5-7-14/h3-9,13H,2,10-12H2,1H3,(H,18,21). The van der Waals surface area contributed by atoms with Crippen LogP contribution in [0.1, 0.15) is 6.92 Å². The highest BCUT2D eigenvalue weighted by Crippen LogP contribution is 2.21. The van der Waals surface area contributed by atoms with E-state index in [1.807, 2.05) is 42.5 Å². The van der Waals surface area contributed by atoms with E-state index in [-0.39, 0.29) is 5.75 Å². The lowest BCUT2D eigenvalue weighted by atomic mass is 10.0. The van der Waals surface area contributed by atoms with Gasteiger partial charge in [-0.3, -0.25) is 0 Å². The molecular weight excluding hydrogens is 352 g/mol. The molecular formula is C17H20N6O2S. The Morgan fingerprint density at radius 1 is 1.12 bits per heavy atom. The molecule has 1 aromatic carbocycles. The Morgan fingerprint density at radius 3 is 2.62 bits per heavy atom. The molecule has 0 unspecified atom stereocenters. The second kappa shape index (κ2) is 6.65. The van der Waals surface area contributed by atoms with E-state index < -0.39 is 10.0 Å². The van der Waals surface area contributed by atoms with Gasteiger partial charge in [0.15, 0.2) is 11.5 Å². The molecule has 136 valence electrons. The number of sulfonamides is 1. The van der Waals surface area contributed by atoms with Gasteiger partial charge >= 0.3 is 0 Å². The number of aromatic nitrogens is 4. The minimum atomic E-state index is -3.07. The molecule has 2 aromatic heterocycles. The first-order chi connectivity index (χ1) is 12.6. The fraction of sp³-hybridized carbons (Fsp3) is 0.353. The van der Waals surface area contributed by atoms with Crippen molar-refractivity contribution >= 4 is 21.5 Å². The van der Waals surface area contributed by atoms with Crippen LogP contribution in [0.3, 0.4) is 0 Å². The average Bonchev–Trinajstić information content (AvgIpc) is 3.04. The van der Waals surface area contributed by atoms with Crippen molar-refractivity contribution in [3.63, 3.8) is 0 Å². The highest BCUT2D eigenvalue weighted by atomic mass is 32.2. The van der Waals surface area contributed by atoms with Crippen LogP contribution < -0.4 is 5.32 Å². The minimum absolute atomic E-state index is 0.154. The van der Waals surface area contributed by atoms with Crippen LogP contribution in [-0.4, -0.2) is 57.9 Å². The SMILES string of the molecule is CCS(=O)(=O)N1CC(CNc2ccc3nnc(-c4ccccc4)n3n2)C1. The average molecular weight is 372 g/mol. The molecule has 3 heterocycles. The number of hydrogen-bond donors (Lipinski definition) is 1. The monoisotopic (exact) mass is 372 g/mol. The topological polar surface area (TPSA) is 92.5 Å². The molecule has 0 radical (unpaired) electrons. The molecule has 1 fully saturated rings. The van der Waals surface area contributed by atoms with Crippen molar-refractivity contribution in [3.8, 4) is 11.4 Å². The quantitative estimate of drug-likeness (QED) is 0.705. The lowest BCUT2D eigenvalue weighted by Crippen LogP contribution is -2.52. The Labute approximate surface area is 151 Å². The summed E-state index contributed by atoms with van der Waals surface area (Å²) in [5.74, 6) is 1.85. The fourth-order valence-corrected chi connectivity index (χ4v) is 4.20. The first-order valence-corrected chi connectivity index (χ1v) is 10.2. The molecule has 0 aliphatic carbocycles. The molecule has 1 aliphatic rings. The second-order valence-electron chi connectivity index (χ2n) is 6.34. The van der Waals surface area contributed by atoms with Gasteiger partial charge in [-0.1, -0.05) is 30.3 Å². The predicted octanol–water partition coefficient (Wildman–Crippen LogP) is 1.48. The highest BCUT2D eigenvalue weighted by Gasteiger charge is 2.34. The van der Waals surface area contributed by atoms with Crippen molar-refractivity contribution in [2.24, 2.45) is 5.92 Å². The Bertz CT molecular complexity index is 1010. The van der Waals surface area contributed by atoms with Crippen LogP contribution in [-0.2, 0) is 10.0 Å². The summed E-state index contributed by atoms with van der Waals surface area (Å²) in [7, 11) is -3.07. The molecule has 9 heteroatoms. The van der Waals surface area contributed by atoms with Gasteiger partial charge in [-0.25, -0.2) is 12.7 Å². The predicted molar refractivity (Wildman–Crippen MR) is 99.2 cm³/mol. The first-order valence-electron chi connectivity index (χ1n) is 8.56. The molecule has 26 heavy (non-hydrogen) atoms. The summed E-state index contributed by atoms with van der Waals surface area (Å²) in [6, 6.07) is 13.5. The van der Waals surface area contributed by atoms with E-state index in [1.165, 1.54) is 4.31 Å². The number of benzene rings is 1. The van der Waals surface area contributed by atoms with Crippen LogP contribution in [0.25, 0.3) is 17.0 Å². The van der Waals surface area contributed by atoms with E-state index in [2.05, 4.69) is 20.6 Å². The third-order valence-corrected chi connectivity index (χ3v) is 6.36. The zero-order chi connectivity index (χ0) is 18.1. The molecule has 0 amide bonds. The molecule has 0 spiro atoms. The van der Waals surface area contributed by atoms with Crippen molar-refractivity contribution in [3.05, 3.63) is 42.5 Å². The van der Waals surface area contributed by atoms with Gasteiger partial charge in [-0.05, 0) is 19.1 Å². The molecule has 1 aliphatic heterocycles. The lowest BCUT2D eigenvalue weighted by molar-refractivity contribution is 0.212. The van der Waals surface area contributed by atoms with E-state index in [0.29, 0.717) is 42.8 Å². The van der Waals surface area contributed by atoms with Crippen molar-refractivity contribution < 1.29 is 8.42 Å². The van der Waals surface area contributed by atoms with Crippen LogP contribution in [0.15, 0.2) is 42.5 Å². The Morgan fingerprint density at radius 2 is 1.88 bits per heavy atom. The van der Waals surface area contributed by atoms with E-state index in [1.54, 1.807) is 11.4 Å². The Balaban J connectivity index is 1.45. The van der Waals surface area contributed by atoms with Gasteiger partial charge in [0, 0.05) is 31.1 Å². The summed E-state index contributed by atoms with van der Waals surface area (Å²) in [6.07, 6.45) is 0. The number of anilines is 1. The molecule has 0 bridgehead atoms. The van der Waals surface area contributed by atoms with Gasteiger partial charge in [0.1, 0.15) is 5.82 Å². The summed E-state index contributed by atoms with van der Waals surface area (Å²) in [4.78, 5) is 0. The largest absolute Gasteiger partial charge is 0.368 e. The molecule has 3 aromatic rings. The van der Waals surface area contributed by atoms with Gasteiger partial charge in [-0.2, -0.15) is 4.52 Å². The summed E-state index contributed by atoms with van der Waals surface area (Å²) >= 11 is 0. The highest BCUT2D eigenvalue weighted by molar-refractivity contribution is 7.89. The van der Waals surface area contributed by atoms with Crippen LogP contribution in [0.4, 0.5) is 5.82 Å². The number of fused-ring (bicyclic) bond motifs is 1. The lowest BCUT2D eigenvalue weighted by Gasteiger charge is -2.37.